The van der Waals surface area contributed by atoms with Gasteiger partial charge in [-0.2, -0.15) is 5.26 Å². The smallest absolute Gasteiger partial charge is 0.337 e. The van der Waals surface area contributed by atoms with Gasteiger partial charge in [0, 0.05) is 6.42 Å². The summed E-state index contributed by atoms with van der Waals surface area (Å²) in [6, 6.07) is 19.4. The van der Waals surface area contributed by atoms with Crippen LogP contribution in [0.15, 0.2) is 72.8 Å². The van der Waals surface area contributed by atoms with Gasteiger partial charge in [-0.3, -0.25) is 14.4 Å². The molecule has 176 valence electrons. The van der Waals surface area contributed by atoms with Crippen molar-refractivity contribution in [3.05, 3.63) is 94.5 Å². The SMILES string of the molecule is N#Cc1ccc(Cl)c(NC(=O)C(=O)NC(Cc2ccccc2)C(=O)Nc2ccccc2C(=O)O)c1. The van der Waals surface area contributed by atoms with Gasteiger partial charge < -0.3 is 21.1 Å². The number of nitrogens with zero attached hydrogens (tertiary/aromatic N) is 1. The van der Waals surface area contributed by atoms with E-state index in [-0.39, 0.29) is 33.9 Å². The lowest BCUT2D eigenvalue weighted by Gasteiger charge is -2.19. The maximum Gasteiger partial charge on any atom is 0.337 e. The van der Waals surface area contributed by atoms with Gasteiger partial charge in [0.05, 0.1) is 33.6 Å². The van der Waals surface area contributed by atoms with Crippen molar-refractivity contribution in [2.24, 2.45) is 0 Å². The molecule has 0 bridgehead atoms. The van der Waals surface area contributed by atoms with Crippen LogP contribution in [0.1, 0.15) is 21.5 Å². The first-order chi connectivity index (χ1) is 16.8. The predicted octanol–water partition coefficient (Wildman–Crippen LogP) is 3.21. The van der Waals surface area contributed by atoms with Crippen LogP contribution in [0.25, 0.3) is 0 Å². The normalized spacial score (nSPS) is 11.0. The summed E-state index contributed by atoms with van der Waals surface area (Å²) in [6.07, 6.45) is 0.0333. The molecule has 0 aliphatic heterocycles. The molecule has 3 amide bonds. The van der Waals surface area contributed by atoms with Crippen LogP contribution in [0.3, 0.4) is 0 Å². The molecule has 0 saturated heterocycles. The number of hydrogen-bond donors (Lipinski definition) is 4. The van der Waals surface area contributed by atoms with Crippen molar-refractivity contribution in [1.29, 1.82) is 5.26 Å². The Morgan fingerprint density at radius 2 is 1.57 bits per heavy atom. The number of rotatable bonds is 7. The number of aromatic carboxylic acids is 1. The molecule has 0 aromatic heterocycles. The molecule has 1 atom stereocenters. The Hall–Kier alpha value is -4.68. The Morgan fingerprint density at radius 1 is 0.886 bits per heavy atom. The number of anilines is 2. The number of amides is 3. The van der Waals surface area contributed by atoms with E-state index in [9.17, 15) is 24.3 Å². The van der Waals surface area contributed by atoms with E-state index >= 15 is 0 Å². The predicted molar refractivity (Wildman–Crippen MR) is 129 cm³/mol. The van der Waals surface area contributed by atoms with E-state index in [1.165, 1.54) is 36.4 Å². The van der Waals surface area contributed by atoms with Gasteiger partial charge in [-0.05, 0) is 35.9 Å². The van der Waals surface area contributed by atoms with Gasteiger partial charge in [-0.1, -0.05) is 54.1 Å². The van der Waals surface area contributed by atoms with Crippen molar-refractivity contribution in [3.8, 4) is 6.07 Å². The molecule has 1 unspecified atom stereocenters. The van der Waals surface area contributed by atoms with Crippen LogP contribution >= 0.6 is 11.6 Å². The minimum Gasteiger partial charge on any atom is -0.478 e. The van der Waals surface area contributed by atoms with Crippen LogP contribution < -0.4 is 16.0 Å². The number of halogens is 1. The zero-order chi connectivity index (χ0) is 25.4. The number of carboxylic acids is 1. The highest BCUT2D eigenvalue weighted by atomic mass is 35.5. The fourth-order valence-corrected chi connectivity index (χ4v) is 3.32. The molecule has 9 nitrogen and oxygen atoms in total. The van der Waals surface area contributed by atoms with Crippen LogP contribution in [0.2, 0.25) is 5.02 Å². The van der Waals surface area contributed by atoms with Crippen LogP contribution in [-0.4, -0.2) is 34.8 Å². The van der Waals surface area contributed by atoms with Gasteiger partial charge in [0.2, 0.25) is 5.91 Å². The number of nitrogens with one attached hydrogen (secondary N) is 3. The lowest BCUT2D eigenvalue weighted by Crippen LogP contribution is -2.49. The van der Waals surface area contributed by atoms with Gasteiger partial charge in [-0.25, -0.2) is 4.79 Å². The molecule has 10 heteroatoms. The minimum absolute atomic E-state index is 0.0333. The summed E-state index contributed by atoms with van der Waals surface area (Å²) >= 11 is 6.03. The number of benzene rings is 3. The molecule has 3 aromatic carbocycles. The standard InChI is InChI=1S/C25H19ClN4O5/c26-18-11-10-16(14-27)13-20(18)29-23(32)24(33)30-21(12-15-6-2-1-3-7-15)22(31)28-19-9-5-4-8-17(19)25(34)35/h1-11,13,21H,12H2,(H,28,31)(H,29,32)(H,30,33)(H,34,35). The van der Waals surface area contributed by atoms with Gasteiger partial charge in [0.25, 0.3) is 0 Å². The molecular formula is C25H19ClN4O5. The summed E-state index contributed by atoms with van der Waals surface area (Å²) in [5.41, 5.74) is 0.899. The summed E-state index contributed by atoms with van der Waals surface area (Å²) in [7, 11) is 0. The molecule has 0 saturated carbocycles. The zero-order valence-corrected chi connectivity index (χ0v) is 18.9. The van der Waals surface area contributed by atoms with Crippen molar-refractivity contribution in [1.82, 2.24) is 5.32 Å². The molecule has 0 fully saturated rings. The summed E-state index contributed by atoms with van der Waals surface area (Å²) < 4.78 is 0. The number of nitriles is 1. The molecule has 0 radical (unpaired) electrons. The van der Waals surface area contributed by atoms with Crippen molar-refractivity contribution < 1.29 is 24.3 Å². The number of para-hydroxylation sites is 1. The fraction of sp³-hybridized carbons (Fsp3) is 0.0800. The number of carbonyl (C=O) groups excluding carboxylic acids is 3. The molecule has 0 aliphatic carbocycles. The van der Waals surface area contributed by atoms with E-state index in [1.807, 2.05) is 6.07 Å². The highest BCUT2D eigenvalue weighted by Crippen LogP contribution is 2.22. The average Bonchev–Trinajstić information content (AvgIpc) is 2.85. The van der Waals surface area contributed by atoms with Crippen LogP contribution in [-0.2, 0) is 20.8 Å². The van der Waals surface area contributed by atoms with Gasteiger partial charge in [0.1, 0.15) is 6.04 Å². The van der Waals surface area contributed by atoms with Crippen molar-refractivity contribution >= 4 is 46.7 Å². The maximum absolute atomic E-state index is 13.0. The first-order valence-corrected chi connectivity index (χ1v) is 10.6. The Morgan fingerprint density at radius 3 is 2.26 bits per heavy atom. The van der Waals surface area contributed by atoms with Gasteiger partial charge in [0.15, 0.2) is 0 Å². The molecule has 4 N–H and O–H groups in total. The van der Waals surface area contributed by atoms with E-state index in [1.54, 1.807) is 36.4 Å². The second-order valence-corrected chi connectivity index (χ2v) is 7.72. The highest BCUT2D eigenvalue weighted by molar-refractivity contribution is 6.41. The van der Waals surface area contributed by atoms with E-state index in [4.69, 9.17) is 16.9 Å². The minimum atomic E-state index is -1.24. The van der Waals surface area contributed by atoms with E-state index in [0.29, 0.717) is 5.56 Å². The molecule has 0 heterocycles. The highest BCUT2D eigenvalue weighted by Gasteiger charge is 2.26. The molecule has 0 spiro atoms. The monoisotopic (exact) mass is 490 g/mol. The number of carboxylic acid groups (broad SMARTS) is 1. The zero-order valence-electron chi connectivity index (χ0n) is 18.1. The topological polar surface area (TPSA) is 148 Å². The lowest BCUT2D eigenvalue weighted by molar-refractivity contribution is -0.137. The van der Waals surface area contributed by atoms with E-state index in [2.05, 4.69) is 16.0 Å². The second-order valence-electron chi connectivity index (χ2n) is 7.32. The Bertz CT molecular complexity index is 1320. The number of carbonyl (C=O) groups is 4. The van der Waals surface area contributed by atoms with Crippen LogP contribution in [0, 0.1) is 11.3 Å². The van der Waals surface area contributed by atoms with E-state index in [0.717, 1.165) is 0 Å². The lowest BCUT2D eigenvalue weighted by atomic mass is 10.0. The van der Waals surface area contributed by atoms with Crippen LogP contribution in [0.4, 0.5) is 11.4 Å². The van der Waals surface area contributed by atoms with Crippen LogP contribution in [0.5, 0.6) is 0 Å². The first-order valence-electron chi connectivity index (χ1n) is 10.3. The van der Waals surface area contributed by atoms with Gasteiger partial charge >= 0.3 is 17.8 Å². The van der Waals surface area contributed by atoms with E-state index < -0.39 is 29.7 Å². The summed E-state index contributed by atoms with van der Waals surface area (Å²) in [4.78, 5) is 49.7. The molecule has 0 aliphatic rings. The van der Waals surface area contributed by atoms with Crippen molar-refractivity contribution in [2.75, 3.05) is 10.6 Å². The molecule has 3 rings (SSSR count). The quantitative estimate of drug-likeness (QED) is 0.374. The maximum atomic E-state index is 13.0. The number of hydrogen-bond acceptors (Lipinski definition) is 5. The molecule has 35 heavy (non-hydrogen) atoms. The fourth-order valence-electron chi connectivity index (χ4n) is 3.15. The van der Waals surface area contributed by atoms with Crippen molar-refractivity contribution in [2.45, 2.75) is 12.5 Å². The third-order valence-electron chi connectivity index (χ3n) is 4.87. The summed E-state index contributed by atoms with van der Waals surface area (Å²) in [5.74, 6) is -4.17. The third-order valence-corrected chi connectivity index (χ3v) is 5.20. The average molecular weight is 491 g/mol. The van der Waals surface area contributed by atoms with Gasteiger partial charge in [-0.15, -0.1) is 0 Å². The van der Waals surface area contributed by atoms with Crippen molar-refractivity contribution in [3.63, 3.8) is 0 Å². The molecule has 3 aromatic rings. The summed E-state index contributed by atoms with van der Waals surface area (Å²) in [5, 5.41) is 25.7. The Kier molecular flexibility index (Phi) is 8.16. The third kappa shape index (κ3) is 6.66. The second kappa shape index (κ2) is 11.4. The molecular weight excluding hydrogens is 472 g/mol. The Labute approximate surface area is 205 Å². The first kappa shape index (κ1) is 25.0. The Balaban J connectivity index is 1.80. The largest absolute Gasteiger partial charge is 0.478 e. The summed E-state index contributed by atoms with van der Waals surface area (Å²) in [6.45, 7) is 0.